The lowest BCUT2D eigenvalue weighted by atomic mass is 10.1. The SMILES string of the molecule is CNC(=O)c1cccc(NC=C(C(C)=O)C(=O)OC)c1Cl. The molecule has 0 radical (unpaired) electrons. The van der Waals surface area contributed by atoms with Gasteiger partial charge in [0.1, 0.15) is 5.57 Å². The molecule has 0 aliphatic rings. The molecule has 1 rings (SSSR count). The molecule has 0 unspecified atom stereocenters. The first-order valence-electron chi connectivity index (χ1n) is 5.99. The Morgan fingerprint density at radius 2 is 1.95 bits per heavy atom. The summed E-state index contributed by atoms with van der Waals surface area (Å²) in [5, 5.41) is 5.38. The zero-order valence-corrected chi connectivity index (χ0v) is 12.6. The van der Waals surface area contributed by atoms with Gasteiger partial charge < -0.3 is 15.4 Å². The molecule has 0 aromatic heterocycles. The summed E-state index contributed by atoms with van der Waals surface area (Å²) in [6.45, 7) is 1.24. The number of amides is 1. The van der Waals surface area contributed by atoms with Crippen LogP contribution in [0.5, 0.6) is 0 Å². The lowest BCUT2D eigenvalue weighted by Gasteiger charge is -2.09. The zero-order chi connectivity index (χ0) is 16.0. The number of anilines is 1. The fraction of sp³-hybridized carbons (Fsp3) is 0.214. The predicted molar refractivity (Wildman–Crippen MR) is 79.2 cm³/mol. The molecule has 0 aliphatic heterocycles. The van der Waals surface area contributed by atoms with E-state index in [0.29, 0.717) is 5.69 Å². The van der Waals surface area contributed by atoms with Gasteiger partial charge in [-0.1, -0.05) is 17.7 Å². The molecule has 112 valence electrons. The standard InChI is InChI=1S/C14H15ClN2O4/c1-8(18)10(14(20)21-3)7-17-11-6-4-5-9(12(11)15)13(19)16-2/h4-7,17H,1-3H3,(H,16,19). The van der Waals surface area contributed by atoms with Crippen LogP contribution in [-0.4, -0.2) is 31.8 Å². The lowest BCUT2D eigenvalue weighted by Crippen LogP contribution is -2.18. The fourth-order valence-corrected chi connectivity index (χ4v) is 1.78. The maximum atomic E-state index is 11.6. The number of halogens is 1. The molecule has 0 atom stereocenters. The van der Waals surface area contributed by atoms with Gasteiger partial charge in [0.25, 0.3) is 5.91 Å². The molecule has 2 N–H and O–H groups in total. The van der Waals surface area contributed by atoms with E-state index in [1.807, 2.05) is 0 Å². The highest BCUT2D eigenvalue weighted by molar-refractivity contribution is 6.36. The van der Waals surface area contributed by atoms with Crippen molar-refractivity contribution in [1.29, 1.82) is 0 Å². The van der Waals surface area contributed by atoms with Crippen LogP contribution in [0.4, 0.5) is 5.69 Å². The first-order chi connectivity index (χ1) is 9.92. The average Bonchev–Trinajstić information content (AvgIpc) is 2.47. The van der Waals surface area contributed by atoms with Crippen LogP contribution in [0.15, 0.2) is 30.0 Å². The van der Waals surface area contributed by atoms with Crippen LogP contribution in [0.3, 0.4) is 0 Å². The van der Waals surface area contributed by atoms with Crippen molar-refractivity contribution in [2.75, 3.05) is 19.5 Å². The molecule has 1 aromatic rings. The molecule has 7 heteroatoms. The van der Waals surface area contributed by atoms with E-state index in [1.54, 1.807) is 18.2 Å². The van der Waals surface area contributed by atoms with Crippen molar-refractivity contribution < 1.29 is 19.1 Å². The average molecular weight is 311 g/mol. The number of methoxy groups -OCH3 is 1. The Labute approximate surface area is 127 Å². The van der Waals surface area contributed by atoms with Gasteiger partial charge in [0.2, 0.25) is 0 Å². The summed E-state index contributed by atoms with van der Waals surface area (Å²) in [5.74, 6) is -1.55. The van der Waals surface area contributed by atoms with Gasteiger partial charge in [-0.2, -0.15) is 0 Å². The number of hydrogen-bond acceptors (Lipinski definition) is 5. The Bertz CT molecular complexity index is 611. The fourth-order valence-electron chi connectivity index (χ4n) is 1.52. The lowest BCUT2D eigenvalue weighted by molar-refractivity contribution is -0.137. The van der Waals surface area contributed by atoms with E-state index in [0.717, 1.165) is 0 Å². The summed E-state index contributed by atoms with van der Waals surface area (Å²) in [6, 6.07) is 4.79. The number of esters is 1. The number of carbonyl (C=O) groups is 3. The maximum absolute atomic E-state index is 11.6. The molecule has 1 aromatic carbocycles. The number of nitrogens with one attached hydrogen (secondary N) is 2. The molecule has 0 heterocycles. The molecule has 0 saturated heterocycles. The molecule has 0 fully saturated rings. The number of Topliss-reactive ketones (excluding diaryl/α,β-unsaturated/α-hetero) is 1. The van der Waals surface area contributed by atoms with E-state index < -0.39 is 11.8 Å². The van der Waals surface area contributed by atoms with Crippen LogP contribution in [0.25, 0.3) is 0 Å². The molecule has 0 aliphatic carbocycles. The third-order valence-corrected chi connectivity index (χ3v) is 3.03. The summed E-state index contributed by atoms with van der Waals surface area (Å²) in [7, 11) is 2.67. The van der Waals surface area contributed by atoms with E-state index in [2.05, 4.69) is 15.4 Å². The molecule has 0 saturated carbocycles. The Kier molecular flexibility index (Phi) is 5.92. The smallest absolute Gasteiger partial charge is 0.342 e. The van der Waals surface area contributed by atoms with E-state index in [-0.39, 0.29) is 22.1 Å². The zero-order valence-electron chi connectivity index (χ0n) is 11.8. The summed E-state index contributed by atoms with van der Waals surface area (Å²) in [4.78, 5) is 34.4. The van der Waals surface area contributed by atoms with Gasteiger partial charge in [-0.15, -0.1) is 0 Å². The molecule has 0 bridgehead atoms. The highest BCUT2D eigenvalue weighted by Crippen LogP contribution is 2.26. The van der Waals surface area contributed by atoms with Gasteiger partial charge in [-0.05, 0) is 19.1 Å². The van der Waals surface area contributed by atoms with E-state index in [9.17, 15) is 14.4 Å². The Hall–Kier alpha value is -2.34. The molecular weight excluding hydrogens is 296 g/mol. The largest absolute Gasteiger partial charge is 0.465 e. The van der Waals surface area contributed by atoms with Crippen molar-refractivity contribution >= 4 is 34.9 Å². The maximum Gasteiger partial charge on any atom is 0.342 e. The highest BCUT2D eigenvalue weighted by atomic mass is 35.5. The van der Waals surface area contributed by atoms with Gasteiger partial charge in [-0.25, -0.2) is 4.79 Å². The number of carbonyl (C=O) groups excluding carboxylic acids is 3. The third-order valence-electron chi connectivity index (χ3n) is 2.63. The summed E-state index contributed by atoms with van der Waals surface area (Å²) in [6.07, 6.45) is 1.20. The monoisotopic (exact) mass is 310 g/mol. The Balaban J connectivity index is 3.11. The predicted octanol–water partition coefficient (Wildman–Crippen LogP) is 1.76. The Morgan fingerprint density at radius 1 is 1.29 bits per heavy atom. The van der Waals surface area contributed by atoms with Crippen LogP contribution in [-0.2, 0) is 14.3 Å². The van der Waals surface area contributed by atoms with Gasteiger partial charge in [-0.3, -0.25) is 9.59 Å². The van der Waals surface area contributed by atoms with Crippen molar-refractivity contribution in [3.8, 4) is 0 Å². The normalized spacial score (nSPS) is 10.8. The first kappa shape index (κ1) is 16.7. The topological polar surface area (TPSA) is 84.5 Å². The Morgan fingerprint density at radius 3 is 2.48 bits per heavy atom. The molecule has 21 heavy (non-hydrogen) atoms. The number of ketones is 1. The van der Waals surface area contributed by atoms with Crippen molar-refractivity contribution in [3.63, 3.8) is 0 Å². The number of benzene rings is 1. The molecule has 0 spiro atoms. The second-order valence-corrected chi connectivity index (χ2v) is 4.37. The van der Waals surface area contributed by atoms with E-state index in [1.165, 1.54) is 27.3 Å². The first-order valence-corrected chi connectivity index (χ1v) is 6.36. The molecule has 6 nitrogen and oxygen atoms in total. The van der Waals surface area contributed by atoms with Crippen LogP contribution in [0, 0.1) is 0 Å². The van der Waals surface area contributed by atoms with Gasteiger partial charge >= 0.3 is 5.97 Å². The van der Waals surface area contributed by atoms with E-state index in [4.69, 9.17) is 11.6 Å². The number of rotatable bonds is 5. The van der Waals surface area contributed by atoms with Gasteiger partial charge in [0.15, 0.2) is 5.78 Å². The highest BCUT2D eigenvalue weighted by Gasteiger charge is 2.16. The second-order valence-electron chi connectivity index (χ2n) is 4.00. The van der Waals surface area contributed by atoms with Crippen molar-refractivity contribution in [3.05, 3.63) is 40.6 Å². The summed E-state index contributed by atoms with van der Waals surface area (Å²) < 4.78 is 4.51. The minimum atomic E-state index is -0.756. The quantitative estimate of drug-likeness (QED) is 0.375. The van der Waals surface area contributed by atoms with E-state index >= 15 is 0 Å². The third kappa shape index (κ3) is 4.06. The number of hydrogen-bond donors (Lipinski definition) is 2. The molecular formula is C14H15ClN2O4. The summed E-state index contributed by atoms with van der Waals surface area (Å²) >= 11 is 6.11. The van der Waals surface area contributed by atoms with Crippen LogP contribution in [0.2, 0.25) is 5.02 Å². The van der Waals surface area contributed by atoms with Crippen molar-refractivity contribution in [2.24, 2.45) is 0 Å². The minimum Gasteiger partial charge on any atom is -0.465 e. The van der Waals surface area contributed by atoms with Gasteiger partial charge in [0.05, 0.1) is 23.4 Å². The number of ether oxygens (including phenoxy) is 1. The van der Waals surface area contributed by atoms with Crippen molar-refractivity contribution in [1.82, 2.24) is 5.32 Å². The second kappa shape index (κ2) is 7.44. The van der Waals surface area contributed by atoms with Crippen LogP contribution >= 0.6 is 11.6 Å². The van der Waals surface area contributed by atoms with Gasteiger partial charge in [0, 0.05) is 13.2 Å². The molecule has 1 amide bonds. The van der Waals surface area contributed by atoms with Crippen molar-refractivity contribution in [2.45, 2.75) is 6.92 Å². The van der Waals surface area contributed by atoms with Crippen LogP contribution < -0.4 is 10.6 Å². The summed E-state index contributed by atoms with van der Waals surface area (Å²) in [5.41, 5.74) is 0.513. The minimum absolute atomic E-state index is 0.154. The van der Waals surface area contributed by atoms with Crippen LogP contribution in [0.1, 0.15) is 17.3 Å².